The van der Waals surface area contributed by atoms with Crippen molar-refractivity contribution >= 4 is 27.5 Å². The van der Waals surface area contributed by atoms with Gasteiger partial charge in [-0.05, 0) is 24.8 Å². The van der Waals surface area contributed by atoms with Gasteiger partial charge >= 0.3 is 0 Å². The van der Waals surface area contributed by atoms with Gasteiger partial charge in [0.15, 0.2) is 0 Å². The van der Waals surface area contributed by atoms with Crippen molar-refractivity contribution in [2.24, 2.45) is 5.41 Å². The third kappa shape index (κ3) is 4.81. The molecule has 0 heterocycles. The molecular formula is C15H21BrN2O3. The maximum Gasteiger partial charge on any atom is 0.273 e. The Kier molecular flexibility index (Phi) is 5.89. The molecule has 5 nitrogen and oxygen atoms in total. The summed E-state index contributed by atoms with van der Waals surface area (Å²) in [6.45, 7) is 7.82. The first kappa shape index (κ1) is 17.6. The number of hydrogen-bond donors (Lipinski definition) is 1. The smallest absolute Gasteiger partial charge is 0.273 e. The van der Waals surface area contributed by atoms with Crippen LogP contribution in [0, 0.1) is 22.5 Å². The van der Waals surface area contributed by atoms with E-state index in [0.29, 0.717) is 11.1 Å². The maximum absolute atomic E-state index is 12.3. The summed E-state index contributed by atoms with van der Waals surface area (Å²) >= 11 is 3.39. The van der Waals surface area contributed by atoms with Gasteiger partial charge in [-0.2, -0.15) is 0 Å². The van der Waals surface area contributed by atoms with Gasteiger partial charge in [0.05, 0.1) is 4.92 Å². The summed E-state index contributed by atoms with van der Waals surface area (Å²) in [5.74, 6) is -0.279. The SMILES string of the molecule is Cc1ccc(C(=O)NC(CCBr)C(C)(C)C)cc1[N+](=O)[O-]. The van der Waals surface area contributed by atoms with E-state index in [-0.39, 0.29) is 23.1 Å². The van der Waals surface area contributed by atoms with E-state index >= 15 is 0 Å². The second kappa shape index (κ2) is 7.02. The first-order valence-corrected chi connectivity index (χ1v) is 7.91. The molecule has 0 saturated carbocycles. The van der Waals surface area contributed by atoms with Crippen molar-refractivity contribution in [3.63, 3.8) is 0 Å². The fourth-order valence-electron chi connectivity index (χ4n) is 2.02. The topological polar surface area (TPSA) is 72.2 Å². The minimum absolute atomic E-state index is 0.00951. The molecule has 1 aromatic rings. The second-order valence-electron chi connectivity index (χ2n) is 6.13. The molecule has 0 saturated heterocycles. The number of benzene rings is 1. The first-order valence-electron chi connectivity index (χ1n) is 6.78. The Hall–Kier alpha value is -1.43. The van der Waals surface area contributed by atoms with Crippen molar-refractivity contribution in [2.45, 2.75) is 40.2 Å². The number of alkyl halides is 1. The molecule has 0 fully saturated rings. The molecule has 0 radical (unpaired) electrons. The minimum atomic E-state index is -0.466. The number of nitro benzene ring substituents is 1. The van der Waals surface area contributed by atoms with Crippen molar-refractivity contribution in [2.75, 3.05) is 5.33 Å². The van der Waals surface area contributed by atoms with Gasteiger partial charge < -0.3 is 5.32 Å². The summed E-state index contributed by atoms with van der Waals surface area (Å²) in [7, 11) is 0. The Bertz CT molecular complexity index is 538. The first-order chi connectivity index (χ1) is 9.66. The molecule has 0 aromatic heterocycles. The van der Waals surface area contributed by atoms with E-state index < -0.39 is 4.92 Å². The van der Waals surface area contributed by atoms with Crippen LogP contribution in [0.4, 0.5) is 5.69 Å². The number of hydrogen-bond acceptors (Lipinski definition) is 3. The largest absolute Gasteiger partial charge is 0.349 e. The molecule has 0 aliphatic rings. The Labute approximate surface area is 133 Å². The van der Waals surface area contributed by atoms with Crippen LogP contribution in [0.3, 0.4) is 0 Å². The van der Waals surface area contributed by atoms with E-state index in [9.17, 15) is 14.9 Å². The highest BCUT2D eigenvalue weighted by atomic mass is 79.9. The van der Waals surface area contributed by atoms with Gasteiger partial charge in [-0.1, -0.05) is 42.8 Å². The summed E-state index contributed by atoms with van der Waals surface area (Å²) in [5, 5.41) is 14.7. The minimum Gasteiger partial charge on any atom is -0.349 e. The molecule has 21 heavy (non-hydrogen) atoms. The highest BCUT2D eigenvalue weighted by molar-refractivity contribution is 9.09. The molecular weight excluding hydrogens is 336 g/mol. The number of aryl methyl sites for hydroxylation is 1. The number of halogens is 1. The average Bonchev–Trinajstić information content (AvgIpc) is 2.37. The summed E-state index contributed by atoms with van der Waals surface area (Å²) in [6.07, 6.45) is 0.795. The Morgan fingerprint density at radius 1 is 1.43 bits per heavy atom. The van der Waals surface area contributed by atoms with Crippen LogP contribution in [0.5, 0.6) is 0 Å². The van der Waals surface area contributed by atoms with Gasteiger partial charge in [-0.25, -0.2) is 0 Å². The van der Waals surface area contributed by atoms with E-state index in [1.54, 1.807) is 19.1 Å². The molecule has 1 N–H and O–H groups in total. The van der Waals surface area contributed by atoms with Crippen LogP contribution in [-0.4, -0.2) is 22.2 Å². The molecule has 1 aromatic carbocycles. The van der Waals surface area contributed by atoms with Crippen molar-refractivity contribution < 1.29 is 9.72 Å². The highest BCUT2D eigenvalue weighted by Gasteiger charge is 2.26. The van der Waals surface area contributed by atoms with E-state index in [0.717, 1.165) is 11.8 Å². The Morgan fingerprint density at radius 2 is 2.05 bits per heavy atom. The average molecular weight is 357 g/mol. The van der Waals surface area contributed by atoms with Gasteiger partial charge in [0.2, 0.25) is 0 Å². The third-order valence-corrected chi connectivity index (χ3v) is 3.87. The van der Waals surface area contributed by atoms with Crippen LogP contribution >= 0.6 is 15.9 Å². The van der Waals surface area contributed by atoms with Gasteiger partial charge in [0, 0.05) is 28.6 Å². The summed E-state index contributed by atoms with van der Waals surface area (Å²) < 4.78 is 0. The van der Waals surface area contributed by atoms with Crippen LogP contribution in [0.1, 0.15) is 43.1 Å². The Morgan fingerprint density at radius 3 is 2.52 bits per heavy atom. The predicted octanol–water partition coefficient (Wildman–Crippen LogP) is 3.83. The fraction of sp³-hybridized carbons (Fsp3) is 0.533. The number of amides is 1. The van der Waals surface area contributed by atoms with E-state index in [2.05, 4.69) is 42.0 Å². The van der Waals surface area contributed by atoms with Gasteiger partial charge in [-0.3, -0.25) is 14.9 Å². The number of nitro groups is 1. The summed E-state index contributed by atoms with van der Waals surface area (Å²) in [5.41, 5.74) is 0.746. The molecule has 0 aliphatic heterocycles. The molecule has 0 aliphatic carbocycles. The number of rotatable bonds is 5. The lowest BCUT2D eigenvalue weighted by Gasteiger charge is -2.31. The predicted molar refractivity (Wildman–Crippen MR) is 87.0 cm³/mol. The third-order valence-electron chi connectivity index (χ3n) is 3.42. The maximum atomic E-state index is 12.3. The Balaban J connectivity index is 2.98. The highest BCUT2D eigenvalue weighted by Crippen LogP contribution is 2.24. The van der Waals surface area contributed by atoms with Crippen LogP contribution in [-0.2, 0) is 0 Å². The molecule has 0 bridgehead atoms. The molecule has 1 atom stereocenters. The van der Waals surface area contributed by atoms with E-state index in [4.69, 9.17) is 0 Å². The quantitative estimate of drug-likeness (QED) is 0.494. The number of carbonyl (C=O) groups is 1. The number of nitrogens with zero attached hydrogens (tertiary/aromatic N) is 1. The summed E-state index contributed by atoms with van der Waals surface area (Å²) in [4.78, 5) is 22.8. The monoisotopic (exact) mass is 356 g/mol. The van der Waals surface area contributed by atoms with E-state index in [1.807, 2.05) is 0 Å². The van der Waals surface area contributed by atoms with Crippen molar-refractivity contribution in [1.29, 1.82) is 0 Å². The standard InChI is InChI=1S/C15H21BrN2O3/c1-10-5-6-11(9-12(10)18(20)21)14(19)17-13(7-8-16)15(2,3)4/h5-6,9,13H,7-8H2,1-4H3,(H,17,19). The fourth-order valence-corrected chi connectivity index (χ4v) is 2.48. The lowest BCUT2D eigenvalue weighted by molar-refractivity contribution is -0.385. The molecule has 0 spiro atoms. The number of nitrogens with one attached hydrogen (secondary N) is 1. The zero-order valence-corrected chi connectivity index (χ0v) is 14.4. The van der Waals surface area contributed by atoms with E-state index in [1.165, 1.54) is 6.07 Å². The lowest BCUT2D eigenvalue weighted by atomic mass is 9.85. The molecule has 1 rings (SSSR count). The van der Waals surface area contributed by atoms with Crippen LogP contribution < -0.4 is 5.32 Å². The van der Waals surface area contributed by atoms with Crippen molar-refractivity contribution in [3.8, 4) is 0 Å². The van der Waals surface area contributed by atoms with Crippen molar-refractivity contribution in [3.05, 3.63) is 39.4 Å². The van der Waals surface area contributed by atoms with Gasteiger partial charge in [-0.15, -0.1) is 0 Å². The number of carbonyl (C=O) groups excluding carboxylic acids is 1. The normalized spacial score (nSPS) is 12.8. The lowest BCUT2D eigenvalue weighted by Crippen LogP contribution is -2.44. The van der Waals surface area contributed by atoms with Gasteiger partial charge in [0.1, 0.15) is 0 Å². The second-order valence-corrected chi connectivity index (χ2v) is 6.92. The van der Waals surface area contributed by atoms with Gasteiger partial charge in [0.25, 0.3) is 11.6 Å². The van der Waals surface area contributed by atoms with Crippen molar-refractivity contribution in [1.82, 2.24) is 5.32 Å². The zero-order valence-electron chi connectivity index (χ0n) is 12.8. The molecule has 1 unspecified atom stereocenters. The molecule has 116 valence electrons. The summed E-state index contributed by atoms with van der Waals surface area (Å²) in [6, 6.07) is 4.54. The molecule has 6 heteroatoms. The molecule has 1 amide bonds. The van der Waals surface area contributed by atoms with Crippen LogP contribution in [0.15, 0.2) is 18.2 Å². The zero-order chi connectivity index (χ0) is 16.2. The van der Waals surface area contributed by atoms with Crippen LogP contribution in [0.25, 0.3) is 0 Å². The van der Waals surface area contributed by atoms with Crippen LogP contribution in [0.2, 0.25) is 0 Å².